The fourth-order valence-electron chi connectivity index (χ4n) is 2.78. The number of benzene rings is 1. The molecule has 8 heteroatoms. The molecule has 5 nitrogen and oxygen atoms in total. The Morgan fingerprint density at radius 3 is 2.58 bits per heavy atom. The smallest absolute Gasteiger partial charge is 0.416 e. The third-order valence-corrected chi connectivity index (χ3v) is 4.40. The summed E-state index contributed by atoms with van der Waals surface area (Å²) in [6, 6.07) is 9.55. The molecule has 3 aromatic rings. The molecule has 2 aromatic heterocycles. The molecule has 0 saturated heterocycles. The zero-order valence-corrected chi connectivity index (χ0v) is 13.3. The minimum atomic E-state index is -4.47. The molecule has 0 spiro atoms. The van der Waals surface area contributed by atoms with Crippen LogP contribution in [0, 0.1) is 0 Å². The Morgan fingerprint density at radius 1 is 1.12 bits per heavy atom. The number of carbonyl (C=O) groups is 1. The summed E-state index contributed by atoms with van der Waals surface area (Å²) >= 11 is 0. The molecule has 0 radical (unpaired) electrons. The Kier molecular flexibility index (Phi) is 3.64. The van der Waals surface area contributed by atoms with Gasteiger partial charge in [0.15, 0.2) is 5.76 Å². The summed E-state index contributed by atoms with van der Waals surface area (Å²) in [5.74, 6) is 0.470. The second-order valence-electron chi connectivity index (χ2n) is 6.17. The van der Waals surface area contributed by atoms with Gasteiger partial charge in [0.1, 0.15) is 0 Å². The number of anilines is 1. The average Bonchev–Trinajstić information content (AvgIpc) is 3.02. The van der Waals surface area contributed by atoms with Crippen LogP contribution in [-0.2, 0) is 16.4 Å². The number of alkyl halides is 3. The number of aromatic nitrogens is 1. The summed E-state index contributed by atoms with van der Waals surface area (Å²) in [5.41, 5.74) is -1.18. The van der Waals surface area contributed by atoms with E-state index < -0.39 is 23.1 Å². The van der Waals surface area contributed by atoms with Crippen molar-refractivity contribution >= 4 is 11.6 Å². The van der Waals surface area contributed by atoms with E-state index in [4.69, 9.17) is 8.94 Å². The van der Waals surface area contributed by atoms with Crippen LogP contribution in [0.1, 0.15) is 24.1 Å². The molecular formula is C18H13F3N2O3. The predicted octanol–water partition coefficient (Wildman–Crippen LogP) is 4.62. The summed E-state index contributed by atoms with van der Waals surface area (Å²) in [4.78, 5) is 12.7. The average molecular weight is 362 g/mol. The lowest BCUT2D eigenvalue weighted by atomic mass is 10.0. The minimum absolute atomic E-state index is 0.0888. The van der Waals surface area contributed by atoms with Crippen LogP contribution >= 0.6 is 0 Å². The molecule has 0 bridgehead atoms. The Hall–Kier alpha value is -3.03. The van der Waals surface area contributed by atoms with E-state index in [0.29, 0.717) is 30.1 Å². The third kappa shape index (κ3) is 2.87. The van der Waals surface area contributed by atoms with Crippen molar-refractivity contribution in [3.63, 3.8) is 0 Å². The van der Waals surface area contributed by atoms with Gasteiger partial charge in [0.25, 0.3) is 0 Å². The molecule has 26 heavy (non-hydrogen) atoms. The van der Waals surface area contributed by atoms with Crippen LogP contribution in [-0.4, -0.2) is 11.1 Å². The van der Waals surface area contributed by atoms with Gasteiger partial charge in [-0.05, 0) is 43.2 Å². The van der Waals surface area contributed by atoms with Crippen molar-refractivity contribution in [2.75, 3.05) is 5.32 Å². The highest BCUT2D eigenvalue weighted by Gasteiger charge is 2.54. The number of carbonyl (C=O) groups excluding carboxylic acids is 1. The van der Waals surface area contributed by atoms with E-state index in [2.05, 4.69) is 10.5 Å². The lowest BCUT2D eigenvalue weighted by Crippen LogP contribution is -2.28. The Balaban J connectivity index is 1.55. The molecule has 1 aromatic carbocycles. The number of rotatable bonds is 4. The van der Waals surface area contributed by atoms with Gasteiger partial charge < -0.3 is 14.3 Å². The monoisotopic (exact) mass is 362 g/mol. The van der Waals surface area contributed by atoms with E-state index in [0.717, 1.165) is 12.1 Å². The molecule has 2 heterocycles. The van der Waals surface area contributed by atoms with Gasteiger partial charge in [0.2, 0.25) is 11.7 Å². The fraction of sp³-hybridized carbons (Fsp3) is 0.222. The van der Waals surface area contributed by atoms with Crippen molar-refractivity contribution in [3.8, 4) is 11.5 Å². The molecule has 1 amide bonds. The molecule has 0 atom stereocenters. The number of amides is 1. The van der Waals surface area contributed by atoms with Gasteiger partial charge in [-0.3, -0.25) is 4.79 Å². The second-order valence-corrected chi connectivity index (χ2v) is 6.17. The molecule has 0 unspecified atom stereocenters. The van der Waals surface area contributed by atoms with E-state index in [9.17, 15) is 18.0 Å². The summed E-state index contributed by atoms with van der Waals surface area (Å²) in [7, 11) is 0. The topological polar surface area (TPSA) is 68.3 Å². The summed E-state index contributed by atoms with van der Waals surface area (Å²) < 4.78 is 48.9. The van der Waals surface area contributed by atoms with Gasteiger partial charge in [-0.15, -0.1) is 0 Å². The maximum absolute atomic E-state index is 12.8. The van der Waals surface area contributed by atoms with Crippen LogP contribution in [0.25, 0.3) is 11.5 Å². The van der Waals surface area contributed by atoms with E-state index in [-0.39, 0.29) is 5.69 Å². The molecule has 1 aliphatic rings. The van der Waals surface area contributed by atoms with Crippen LogP contribution in [0.4, 0.5) is 18.9 Å². The zero-order valence-electron chi connectivity index (χ0n) is 13.3. The van der Waals surface area contributed by atoms with Gasteiger partial charge in [0.05, 0.1) is 22.9 Å². The maximum atomic E-state index is 12.8. The van der Waals surface area contributed by atoms with E-state index >= 15 is 0 Å². The van der Waals surface area contributed by atoms with E-state index in [1.165, 1.54) is 18.4 Å². The Labute approximate surface area is 145 Å². The van der Waals surface area contributed by atoms with Gasteiger partial charge >= 0.3 is 6.18 Å². The number of halogens is 3. The number of nitrogens with zero attached hydrogens (tertiary/aromatic N) is 1. The van der Waals surface area contributed by atoms with Crippen molar-refractivity contribution in [2.24, 2.45) is 0 Å². The highest BCUT2D eigenvalue weighted by molar-refractivity contribution is 6.01. The first-order valence-corrected chi connectivity index (χ1v) is 7.88. The molecule has 1 fully saturated rings. The highest BCUT2D eigenvalue weighted by Crippen LogP contribution is 2.49. The fourth-order valence-corrected chi connectivity index (χ4v) is 2.78. The third-order valence-electron chi connectivity index (χ3n) is 4.40. The van der Waals surface area contributed by atoms with Crippen molar-refractivity contribution in [3.05, 3.63) is 60.0 Å². The maximum Gasteiger partial charge on any atom is 0.416 e. The molecule has 1 N–H and O–H groups in total. The van der Waals surface area contributed by atoms with Gasteiger partial charge in [-0.25, -0.2) is 0 Å². The van der Waals surface area contributed by atoms with Crippen LogP contribution in [0.3, 0.4) is 0 Å². The standard InChI is InChI=1S/C18H13F3N2O3/c19-18(20,21)11-3-1-4-12(9-11)22-16(24)17(6-7-17)15-10-14(26-23-15)13-5-2-8-25-13/h1-5,8-10H,6-7H2,(H,22,24). The zero-order chi connectivity index (χ0) is 18.4. The van der Waals surface area contributed by atoms with E-state index in [1.807, 2.05) is 0 Å². The van der Waals surface area contributed by atoms with Crippen LogP contribution in [0.2, 0.25) is 0 Å². The number of hydrogen-bond acceptors (Lipinski definition) is 4. The van der Waals surface area contributed by atoms with Crippen LogP contribution in [0.15, 0.2) is 57.7 Å². The Morgan fingerprint density at radius 2 is 1.92 bits per heavy atom. The van der Waals surface area contributed by atoms with Gasteiger partial charge in [0, 0.05) is 11.8 Å². The molecule has 4 rings (SSSR count). The normalized spacial score (nSPS) is 15.7. The first-order valence-electron chi connectivity index (χ1n) is 7.88. The lowest BCUT2D eigenvalue weighted by Gasteiger charge is -2.14. The summed E-state index contributed by atoms with van der Waals surface area (Å²) in [6.45, 7) is 0. The van der Waals surface area contributed by atoms with Crippen LogP contribution in [0.5, 0.6) is 0 Å². The van der Waals surface area contributed by atoms with E-state index in [1.54, 1.807) is 18.2 Å². The van der Waals surface area contributed by atoms with Crippen molar-refractivity contribution in [2.45, 2.75) is 24.4 Å². The molecule has 1 aliphatic carbocycles. The second kappa shape index (κ2) is 5.76. The molecule has 1 saturated carbocycles. The van der Waals surface area contributed by atoms with Gasteiger partial charge in [-0.1, -0.05) is 11.2 Å². The molecule has 0 aliphatic heterocycles. The SMILES string of the molecule is O=C(Nc1cccc(C(F)(F)F)c1)C1(c2cc(-c3ccco3)on2)CC1. The molecule has 134 valence electrons. The minimum Gasteiger partial charge on any atom is -0.461 e. The quantitative estimate of drug-likeness (QED) is 0.735. The molecular weight excluding hydrogens is 349 g/mol. The predicted molar refractivity (Wildman–Crippen MR) is 85.2 cm³/mol. The summed E-state index contributed by atoms with van der Waals surface area (Å²) in [5, 5.41) is 6.51. The van der Waals surface area contributed by atoms with Gasteiger partial charge in [-0.2, -0.15) is 13.2 Å². The largest absolute Gasteiger partial charge is 0.461 e. The van der Waals surface area contributed by atoms with Crippen LogP contribution < -0.4 is 5.32 Å². The Bertz CT molecular complexity index is 941. The number of hydrogen-bond donors (Lipinski definition) is 1. The highest BCUT2D eigenvalue weighted by atomic mass is 19.4. The first-order chi connectivity index (χ1) is 12.4. The number of nitrogens with one attached hydrogen (secondary N) is 1. The number of furan rings is 1. The summed E-state index contributed by atoms with van der Waals surface area (Å²) in [6.07, 6.45) is -1.89. The van der Waals surface area contributed by atoms with Crippen molar-refractivity contribution < 1.29 is 26.9 Å². The first kappa shape index (κ1) is 16.4. The lowest BCUT2D eigenvalue weighted by molar-refractivity contribution is -0.137. The van der Waals surface area contributed by atoms with Crippen molar-refractivity contribution in [1.29, 1.82) is 0 Å². The van der Waals surface area contributed by atoms with Crippen molar-refractivity contribution in [1.82, 2.24) is 5.16 Å².